The van der Waals surface area contributed by atoms with Gasteiger partial charge in [-0.2, -0.15) is 0 Å². The Morgan fingerprint density at radius 1 is 1.22 bits per heavy atom. The SMILES string of the molecule is Cc1cc(Nc2nccc(C)n2)cc(-c2cnc(C3(O)CCC(C(=O)O)CC3(C)C)s2)c1. The number of hydrogen-bond acceptors (Lipinski definition) is 7. The third-order valence-corrected chi connectivity index (χ3v) is 7.55. The van der Waals surface area contributed by atoms with E-state index in [4.69, 9.17) is 0 Å². The summed E-state index contributed by atoms with van der Waals surface area (Å²) in [4.78, 5) is 25.7. The average molecular weight is 453 g/mol. The molecule has 168 valence electrons. The molecule has 0 radical (unpaired) electrons. The molecule has 2 aromatic heterocycles. The van der Waals surface area contributed by atoms with Crippen LogP contribution >= 0.6 is 11.3 Å². The molecule has 3 aromatic rings. The number of carbonyl (C=O) groups is 1. The van der Waals surface area contributed by atoms with E-state index < -0.39 is 22.9 Å². The van der Waals surface area contributed by atoms with Gasteiger partial charge in [0.15, 0.2) is 0 Å². The Kier molecular flexibility index (Phi) is 5.77. The number of nitrogens with zero attached hydrogens (tertiary/aromatic N) is 3. The topological polar surface area (TPSA) is 108 Å². The number of aryl methyl sites for hydroxylation is 2. The van der Waals surface area contributed by atoms with Crippen molar-refractivity contribution < 1.29 is 15.0 Å². The zero-order chi connectivity index (χ0) is 23.1. The van der Waals surface area contributed by atoms with E-state index in [1.807, 2.05) is 45.9 Å². The van der Waals surface area contributed by atoms with Crippen LogP contribution in [0.15, 0.2) is 36.7 Å². The van der Waals surface area contributed by atoms with Crippen molar-refractivity contribution in [3.05, 3.63) is 52.9 Å². The van der Waals surface area contributed by atoms with E-state index in [1.165, 1.54) is 11.3 Å². The second kappa shape index (κ2) is 8.26. The molecule has 2 atom stereocenters. The van der Waals surface area contributed by atoms with E-state index in [9.17, 15) is 15.0 Å². The van der Waals surface area contributed by atoms with Crippen molar-refractivity contribution in [1.82, 2.24) is 15.0 Å². The first-order valence-corrected chi connectivity index (χ1v) is 11.5. The fraction of sp³-hybridized carbons (Fsp3) is 0.417. The zero-order valence-electron chi connectivity index (χ0n) is 18.7. The van der Waals surface area contributed by atoms with E-state index >= 15 is 0 Å². The van der Waals surface area contributed by atoms with Crippen LogP contribution in [0, 0.1) is 25.2 Å². The summed E-state index contributed by atoms with van der Waals surface area (Å²) in [6, 6.07) is 7.98. The molecule has 2 unspecified atom stereocenters. The van der Waals surface area contributed by atoms with Gasteiger partial charge in [-0.1, -0.05) is 19.9 Å². The van der Waals surface area contributed by atoms with Gasteiger partial charge in [-0.25, -0.2) is 15.0 Å². The number of carboxylic acids is 1. The van der Waals surface area contributed by atoms with E-state index in [0.717, 1.165) is 27.4 Å². The molecule has 32 heavy (non-hydrogen) atoms. The lowest BCUT2D eigenvalue weighted by atomic mass is 9.62. The summed E-state index contributed by atoms with van der Waals surface area (Å²) in [7, 11) is 0. The molecule has 1 aromatic carbocycles. The highest BCUT2D eigenvalue weighted by atomic mass is 32.1. The maximum absolute atomic E-state index is 11.6. The first-order valence-electron chi connectivity index (χ1n) is 10.7. The van der Waals surface area contributed by atoms with Gasteiger partial charge in [0.25, 0.3) is 0 Å². The molecular weight excluding hydrogens is 424 g/mol. The van der Waals surface area contributed by atoms with Gasteiger partial charge < -0.3 is 15.5 Å². The number of anilines is 2. The number of carboxylic acid groups (broad SMARTS) is 1. The van der Waals surface area contributed by atoms with Crippen LogP contribution in [-0.4, -0.2) is 31.1 Å². The lowest BCUT2D eigenvalue weighted by Gasteiger charge is -2.47. The highest BCUT2D eigenvalue weighted by Crippen LogP contribution is 2.53. The largest absolute Gasteiger partial charge is 0.481 e. The Labute approximate surface area is 191 Å². The molecule has 3 N–H and O–H groups in total. The summed E-state index contributed by atoms with van der Waals surface area (Å²) in [6.07, 6.45) is 4.76. The summed E-state index contributed by atoms with van der Waals surface area (Å²) in [5.41, 5.74) is 2.09. The average Bonchev–Trinajstić information content (AvgIpc) is 3.20. The normalized spacial score (nSPS) is 22.5. The van der Waals surface area contributed by atoms with E-state index in [1.54, 1.807) is 12.4 Å². The van der Waals surface area contributed by atoms with Gasteiger partial charge in [-0.05, 0) is 62.4 Å². The summed E-state index contributed by atoms with van der Waals surface area (Å²) in [6.45, 7) is 7.81. The van der Waals surface area contributed by atoms with Crippen molar-refractivity contribution in [3.8, 4) is 10.4 Å². The summed E-state index contributed by atoms with van der Waals surface area (Å²) < 4.78 is 0. The first kappa shape index (κ1) is 22.4. The molecule has 1 fully saturated rings. The number of benzene rings is 1. The number of aromatic nitrogens is 3. The van der Waals surface area contributed by atoms with Gasteiger partial charge in [-0.15, -0.1) is 11.3 Å². The Balaban J connectivity index is 1.62. The smallest absolute Gasteiger partial charge is 0.306 e. The van der Waals surface area contributed by atoms with Crippen molar-refractivity contribution in [3.63, 3.8) is 0 Å². The highest BCUT2D eigenvalue weighted by molar-refractivity contribution is 7.15. The lowest BCUT2D eigenvalue weighted by Crippen LogP contribution is -2.48. The molecule has 1 aliphatic carbocycles. The zero-order valence-corrected chi connectivity index (χ0v) is 19.5. The van der Waals surface area contributed by atoms with Crippen LogP contribution in [-0.2, 0) is 10.4 Å². The maximum atomic E-state index is 11.6. The molecule has 1 aliphatic rings. The molecule has 0 amide bonds. The summed E-state index contributed by atoms with van der Waals surface area (Å²) in [5.74, 6) is -0.686. The monoisotopic (exact) mass is 452 g/mol. The third kappa shape index (κ3) is 4.25. The molecule has 7 nitrogen and oxygen atoms in total. The van der Waals surface area contributed by atoms with Gasteiger partial charge in [0.2, 0.25) is 5.95 Å². The van der Waals surface area contributed by atoms with Crippen molar-refractivity contribution in [2.45, 2.75) is 52.6 Å². The van der Waals surface area contributed by atoms with E-state index in [-0.39, 0.29) is 0 Å². The van der Waals surface area contributed by atoms with E-state index in [2.05, 4.69) is 26.3 Å². The van der Waals surface area contributed by atoms with Crippen molar-refractivity contribution in [2.24, 2.45) is 11.3 Å². The Hall–Kier alpha value is -2.84. The number of aliphatic carboxylic acids is 1. The minimum atomic E-state index is -1.15. The molecule has 4 rings (SSSR count). The Morgan fingerprint density at radius 3 is 2.69 bits per heavy atom. The van der Waals surface area contributed by atoms with Gasteiger partial charge >= 0.3 is 5.97 Å². The van der Waals surface area contributed by atoms with Gasteiger partial charge in [-0.3, -0.25) is 4.79 Å². The minimum absolute atomic E-state index is 0.384. The van der Waals surface area contributed by atoms with Crippen LogP contribution < -0.4 is 5.32 Å². The van der Waals surface area contributed by atoms with Crippen LogP contribution in [0.25, 0.3) is 10.4 Å². The number of rotatable bonds is 5. The number of aliphatic hydroxyl groups is 1. The molecular formula is C24H28N4O3S. The molecule has 1 saturated carbocycles. The summed E-state index contributed by atoms with van der Waals surface area (Å²) >= 11 is 1.46. The van der Waals surface area contributed by atoms with E-state index in [0.29, 0.717) is 30.2 Å². The van der Waals surface area contributed by atoms with Gasteiger partial charge in [0, 0.05) is 29.2 Å². The second-order valence-corrected chi connectivity index (χ2v) is 10.3. The minimum Gasteiger partial charge on any atom is -0.481 e. The predicted octanol–water partition coefficient (Wildman–Crippen LogP) is 5.06. The molecule has 2 heterocycles. The standard InChI is InChI=1S/C24H28N4O3S/c1-14-9-17(11-18(10-14)28-22-25-8-6-15(2)27-22)19-13-26-21(32-19)24(31)7-5-16(20(29)30)12-23(24,3)4/h6,8-11,13,16,31H,5,7,12H2,1-4H3,(H,29,30)(H,25,27,28). The molecule has 0 saturated heterocycles. The van der Waals surface area contributed by atoms with Crippen molar-refractivity contribution >= 4 is 28.9 Å². The fourth-order valence-electron chi connectivity index (χ4n) is 4.45. The lowest BCUT2D eigenvalue weighted by molar-refractivity contribution is -0.156. The van der Waals surface area contributed by atoms with Crippen molar-refractivity contribution in [2.75, 3.05) is 5.32 Å². The van der Waals surface area contributed by atoms with Crippen molar-refractivity contribution in [1.29, 1.82) is 0 Å². The second-order valence-electron chi connectivity index (χ2n) is 9.29. The number of thiazole rings is 1. The van der Waals surface area contributed by atoms with Gasteiger partial charge in [0.05, 0.1) is 10.8 Å². The van der Waals surface area contributed by atoms with Crippen LogP contribution in [0.1, 0.15) is 49.4 Å². The fourth-order valence-corrected chi connectivity index (χ4v) is 5.65. The predicted molar refractivity (Wildman–Crippen MR) is 125 cm³/mol. The highest BCUT2D eigenvalue weighted by Gasteiger charge is 2.52. The quantitative estimate of drug-likeness (QED) is 0.496. The van der Waals surface area contributed by atoms with Crippen LogP contribution in [0.4, 0.5) is 11.6 Å². The Morgan fingerprint density at radius 2 is 2.00 bits per heavy atom. The molecule has 0 bridgehead atoms. The molecule has 0 spiro atoms. The number of nitrogens with one attached hydrogen (secondary N) is 1. The summed E-state index contributed by atoms with van der Waals surface area (Å²) in [5, 5.41) is 24.9. The number of hydrogen-bond donors (Lipinski definition) is 3. The van der Waals surface area contributed by atoms with Crippen LogP contribution in [0.2, 0.25) is 0 Å². The van der Waals surface area contributed by atoms with Crippen LogP contribution in [0.3, 0.4) is 0 Å². The molecule has 8 heteroatoms. The van der Waals surface area contributed by atoms with Gasteiger partial charge in [0.1, 0.15) is 10.6 Å². The first-order chi connectivity index (χ1) is 15.1. The van der Waals surface area contributed by atoms with Crippen LogP contribution in [0.5, 0.6) is 0 Å². The third-order valence-electron chi connectivity index (χ3n) is 6.35. The molecule has 0 aliphatic heterocycles. The Bertz CT molecular complexity index is 1160. The maximum Gasteiger partial charge on any atom is 0.306 e.